The molecular weight excluding hydrogens is 412 g/mol. The number of nitrogens with one attached hydrogen (secondary N) is 2. The molecular formula is C19H22N4O6S. The molecule has 2 heterocycles. The van der Waals surface area contributed by atoms with Crippen LogP contribution in [-0.2, 0) is 9.84 Å². The normalized spacial score (nSPS) is 11.3. The number of carbonyl (C=O) groups excluding carboxylic acids is 1. The van der Waals surface area contributed by atoms with Crippen LogP contribution in [-0.4, -0.2) is 69.2 Å². The predicted octanol–water partition coefficient (Wildman–Crippen LogP) is 1.43. The van der Waals surface area contributed by atoms with Crippen LogP contribution < -0.4 is 19.5 Å². The highest BCUT2D eigenvalue weighted by Gasteiger charge is 2.18. The minimum absolute atomic E-state index is 0.00430. The fraction of sp³-hybridized carbons (Fsp3) is 0.316. The minimum Gasteiger partial charge on any atom is -0.493 e. The number of H-pyrrole nitrogens is 1. The molecule has 1 aromatic carbocycles. The van der Waals surface area contributed by atoms with Gasteiger partial charge in [-0.05, 0) is 12.1 Å². The van der Waals surface area contributed by atoms with E-state index in [2.05, 4.69) is 20.3 Å². The van der Waals surface area contributed by atoms with Crippen LogP contribution in [0.2, 0.25) is 0 Å². The van der Waals surface area contributed by atoms with Gasteiger partial charge in [0.05, 0.1) is 44.5 Å². The average Bonchev–Trinajstić information content (AvgIpc) is 3.14. The monoisotopic (exact) mass is 434 g/mol. The molecule has 0 atom stereocenters. The van der Waals surface area contributed by atoms with E-state index in [1.54, 1.807) is 18.3 Å². The molecule has 0 aliphatic rings. The first-order valence-corrected chi connectivity index (χ1v) is 10.9. The lowest BCUT2D eigenvalue weighted by molar-refractivity contribution is 0.0957. The van der Waals surface area contributed by atoms with Gasteiger partial charge in [-0.2, -0.15) is 0 Å². The summed E-state index contributed by atoms with van der Waals surface area (Å²) in [6.45, 7) is 0.00430. The highest BCUT2D eigenvalue weighted by molar-refractivity contribution is 7.90. The van der Waals surface area contributed by atoms with Gasteiger partial charge in [-0.25, -0.2) is 18.4 Å². The summed E-state index contributed by atoms with van der Waals surface area (Å²) in [7, 11) is 1.37. The standard InChI is InChI=1S/C19H22N4O6S/c1-27-14-7-11(8-15(28-2)17(14)29-3)13-10-22-18-16(23-13)12(9-21-18)19(24)20-5-6-30(4,25)26/h7-10H,5-6H2,1-4H3,(H,20,24)(H,21,22). The molecule has 0 unspecified atom stereocenters. The van der Waals surface area contributed by atoms with Crippen LogP contribution in [0, 0.1) is 0 Å². The molecule has 0 aliphatic heterocycles. The molecule has 3 rings (SSSR count). The van der Waals surface area contributed by atoms with Crippen LogP contribution in [0.5, 0.6) is 17.2 Å². The van der Waals surface area contributed by atoms with Crippen LogP contribution in [0.3, 0.4) is 0 Å². The number of amides is 1. The number of carbonyl (C=O) groups is 1. The number of benzene rings is 1. The summed E-state index contributed by atoms with van der Waals surface area (Å²) in [6, 6.07) is 3.46. The molecule has 30 heavy (non-hydrogen) atoms. The van der Waals surface area contributed by atoms with Crippen molar-refractivity contribution in [2.24, 2.45) is 0 Å². The van der Waals surface area contributed by atoms with Gasteiger partial charge in [0.25, 0.3) is 5.91 Å². The Hall–Kier alpha value is -3.34. The van der Waals surface area contributed by atoms with Crippen molar-refractivity contribution in [3.63, 3.8) is 0 Å². The maximum Gasteiger partial charge on any atom is 0.255 e. The topological polar surface area (TPSA) is 132 Å². The second-order valence-corrected chi connectivity index (χ2v) is 8.71. The number of hydrogen-bond acceptors (Lipinski definition) is 8. The number of methoxy groups -OCH3 is 3. The van der Waals surface area contributed by atoms with Crippen molar-refractivity contribution in [1.29, 1.82) is 0 Å². The second-order valence-electron chi connectivity index (χ2n) is 6.45. The Kier molecular flexibility index (Phi) is 6.11. The van der Waals surface area contributed by atoms with E-state index in [0.717, 1.165) is 6.26 Å². The van der Waals surface area contributed by atoms with Crippen LogP contribution in [0.4, 0.5) is 0 Å². The highest BCUT2D eigenvalue weighted by Crippen LogP contribution is 2.40. The van der Waals surface area contributed by atoms with E-state index in [0.29, 0.717) is 39.7 Å². The zero-order valence-corrected chi connectivity index (χ0v) is 17.8. The zero-order chi connectivity index (χ0) is 21.9. The third-order valence-electron chi connectivity index (χ3n) is 4.34. The van der Waals surface area contributed by atoms with Gasteiger partial charge in [0.1, 0.15) is 15.4 Å². The minimum atomic E-state index is -3.18. The molecule has 2 N–H and O–H groups in total. The zero-order valence-electron chi connectivity index (χ0n) is 17.0. The van der Waals surface area contributed by atoms with E-state index >= 15 is 0 Å². The Morgan fingerprint density at radius 1 is 1.13 bits per heavy atom. The first-order chi connectivity index (χ1) is 14.3. The van der Waals surface area contributed by atoms with Crippen molar-refractivity contribution >= 4 is 26.9 Å². The number of hydrogen-bond donors (Lipinski definition) is 2. The summed E-state index contributed by atoms with van der Waals surface area (Å²) in [5.41, 5.74) is 2.20. The Morgan fingerprint density at radius 2 is 1.80 bits per heavy atom. The summed E-state index contributed by atoms with van der Waals surface area (Å²) in [6.07, 6.45) is 4.16. The first kappa shape index (κ1) is 21.4. The Bertz CT molecular complexity index is 1160. The quantitative estimate of drug-likeness (QED) is 0.544. The third-order valence-corrected chi connectivity index (χ3v) is 5.29. The molecule has 0 fully saturated rings. The maximum absolute atomic E-state index is 12.5. The van der Waals surface area contributed by atoms with Gasteiger partial charge in [-0.3, -0.25) is 4.79 Å². The Morgan fingerprint density at radius 3 is 2.37 bits per heavy atom. The van der Waals surface area contributed by atoms with Crippen LogP contribution in [0.15, 0.2) is 24.5 Å². The fourth-order valence-electron chi connectivity index (χ4n) is 2.88. The smallest absolute Gasteiger partial charge is 0.255 e. The molecule has 160 valence electrons. The fourth-order valence-corrected chi connectivity index (χ4v) is 3.35. The lowest BCUT2D eigenvalue weighted by atomic mass is 10.1. The van der Waals surface area contributed by atoms with Gasteiger partial charge >= 0.3 is 0 Å². The molecule has 0 bridgehead atoms. The predicted molar refractivity (Wildman–Crippen MR) is 111 cm³/mol. The molecule has 10 nitrogen and oxygen atoms in total. The summed E-state index contributed by atoms with van der Waals surface area (Å²) < 4.78 is 38.6. The molecule has 0 aliphatic carbocycles. The Labute approximate surface area is 173 Å². The van der Waals surface area contributed by atoms with E-state index in [1.807, 2.05) is 0 Å². The van der Waals surface area contributed by atoms with Crippen molar-refractivity contribution in [2.75, 3.05) is 39.9 Å². The van der Waals surface area contributed by atoms with E-state index in [1.165, 1.54) is 27.5 Å². The summed E-state index contributed by atoms with van der Waals surface area (Å²) in [5, 5.41) is 2.58. The number of nitrogens with zero attached hydrogens (tertiary/aromatic N) is 2. The summed E-state index contributed by atoms with van der Waals surface area (Å²) in [5.74, 6) is 0.776. The lowest BCUT2D eigenvalue weighted by Gasteiger charge is -2.14. The molecule has 0 radical (unpaired) electrons. The van der Waals surface area contributed by atoms with Crippen molar-refractivity contribution in [3.8, 4) is 28.5 Å². The van der Waals surface area contributed by atoms with Crippen molar-refractivity contribution in [3.05, 3.63) is 30.1 Å². The second kappa shape index (κ2) is 8.57. The number of aromatic nitrogens is 3. The van der Waals surface area contributed by atoms with Gasteiger partial charge in [0, 0.05) is 24.6 Å². The number of fused-ring (bicyclic) bond motifs is 1. The van der Waals surface area contributed by atoms with Gasteiger partial charge in [0.15, 0.2) is 17.1 Å². The molecule has 11 heteroatoms. The Balaban J connectivity index is 1.98. The number of ether oxygens (including phenoxy) is 3. The molecule has 1 amide bonds. The van der Waals surface area contributed by atoms with Crippen LogP contribution >= 0.6 is 0 Å². The SMILES string of the molecule is COc1cc(-c2cnc3[nH]cc(C(=O)NCCS(C)(=O)=O)c3n2)cc(OC)c1OC. The highest BCUT2D eigenvalue weighted by atomic mass is 32.2. The molecule has 0 saturated heterocycles. The number of aromatic amines is 1. The molecule has 3 aromatic rings. The van der Waals surface area contributed by atoms with E-state index in [4.69, 9.17) is 14.2 Å². The summed E-state index contributed by atoms with van der Waals surface area (Å²) in [4.78, 5) is 24.3. The van der Waals surface area contributed by atoms with E-state index < -0.39 is 15.7 Å². The van der Waals surface area contributed by atoms with Crippen molar-refractivity contribution in [2.45, 2.75) is 0 Å². The van der Waals surface area contributed by atoms with Crippen molar-refractivity contribution in [1.82, 2.24) is 20.3 Å². The van der Waals surface area contributed by atoms with Crippen LogP contribution in [0.25, 0.3) is 22.4 Å². The largest absolute Gasteiger partial charge is 0.493 e. The summed E-state index contributed by atoms with van der Waals surface area (Å²) >= 11 is 0. The van der Waals surface area contributed by atoms with Gasteiger partial charge in [0.2, 0.25) is 5.75 Å². The molecule has 2 aromatic heterocycles. The van der Waals surface area contributed by atoms with E-state index in [9.17, 15) is 13.2 Å². The first-order valence-electron chi connectivity index (χ1n) is 8.87. The van der Waals surface area contributed by atoms with Crippen LogP contribution in [0.1, 0.15) is 10.4 Å². The van der Waals surface area contributed by atoms with Gasteiger partial charge in [-0.15, -0.1) is 0 Å². The lowest BCUT2D eigenvalue weighted by Crippen LogP contribution is -2.28. The third kappa shape index (κ3) is 4.46. The molecule has 0 spiro atoms. The number of rotatable bonds is 8. The van der Waals surface area contributed by atoms with E-state index in [-0.39, 0.29) is 17.9 Å². The van der Waals surface area contributed by atoms with Gasteiger partial charge < -0.3 is 24.5 Å². The number of sulfone groups is 1. The maximum atomic E-state index is 12.5. The molecule has 0 saturated carbocycles. The average molecular weight is 434 g/mol. The van der Waals surface area contributed by atoms with Gasteiger partial charge in [-0.1, -0.05) is 0 Å². The van der Waals surface area contributed by atoms with Crippen molar-refractivity contribution < 1.29 is 27.4 Å².